The highest BCUT2D eigenvalue weighted by Gasteiger charge is 2.30. The lowest BCUT2D eigenvalue weighted by atomic mass is 10.1. The average Bonchev–Trinajstić information content (AvgIpc) is 3.38. The lowest BCUT2D eigenvalue weighted by Gasteiger charge is -2.16. The fourth-order valence-corrected chi connectivity index (χ4v) is 4.19. The fraction of sp³-hybridized carbons (Fsp3) is 0.217. The van der Waals surface area contributed by atoms with E-state index in [0.29, 0.717) is 22.8 Å². The van der Waals surface area contributed by atoms with E-state index < -0.39 is 11.7 Å². The molecule has 0 unspecified atom stereocenters. The van der Waals surface area contributed by atoms with Gasteiger partial charge in [-0.1, -0.05) is 30.3 Å². The first kappa shape index (κ1) is 21.1. The van der Waals surface area contributed by atoms with Crippen LogP contribution in [0.5, 0.6) is 0 Å². The number of rotatable bonds is 6. The van der Waals surface area contributed by atoms with Crippen LogP contribution in [0.4, 0.5) is 13.2 Å². The summed E-state index contributed by atoms with van der Waals surface area (Å²) in [4.78, 5) is 21.9. The van der Waals surface area contributed by atoms with Gasteiger partial charge in [-0.2, -0.15) is 13.2 Å². The molecule has 0 spiro atoms. The van der Waals surface area contributed by atoms with E-state index in [2.05, 4.69) is 16.0 Å². The number of aromatic amines is 1. The number of hydrogen-bond donors (Lipinski definition) is 1. The molecule has 0 saturated carbocycles. The van der Waals surface area contributed by atoms with Crippen LogP contribution in [0.25, 0.3) is 21.5 Å². The number of carbonyl (C=O) groups excluding carboxylic acids is 1. The molecule has 2 heterocycles. The van der Waals surface area contributed by atoms with E-state index >= 15 is 0 Å². The number of halogens is 3. The number of carbonyl (C=O) groups is 1. The highest BCUT2D eigenvalue weighted by atomic mass is 32.1. The molecule has 0 saturated heterocycles. The van der Waals surface area contributed by atoms with Crippen molar-refractivity contribution in [2.24, 2.45) is 0 Å². The topological polar surface area (TPSA) is 49.0 Å². The maximum Gasteiger partial charge on any atom is 0.416 e. The Balaban J connectivity index is 1.36. The number of nitrogens with zero attached hydrogens (tertiary/aromatic N) is 2. The van der Waals surface area contributed by atoms with E-state index in [9.17, 15) is 18.0 Å². The molecule has 1 amide bonds. The van der Waals surface area contributed by atoms with Crippen molar-refractivity contribution in [1.29, 1.82) is 0 Å². The van der Waals surface area contributed by atoms with Crippen molar-refractivity contribution in [2.75, 3.05) is 13.6 Å². The second kappa shape index (κ2) is 8.55. The minimum atomic E-state index is -4.36. The van der Waals surface area contributed by atoms with E-state index in [4.69, 9.17) is 0 Å². The largest absolute Gasteiger partial charge is 0.416 e. The SMILES string of the molecule is CN(CCc1c[nH]c2ccccc12)C(=O)Cc1csc(-c2ccc(C(F)(F)F)cc2)n1. The third-order valence-corrected chi connectivity index (χ3v) is 6.10. The molecule has 4 rings (SSSR count). The van der Waals surface area contributed by atoms with Crippen LogP contribution in [0.2, 0.25) is 0 Å². The lowest BCUT2D eigenvalue weighted by molar-refractivity contribution is -0.137. The van der Waals surface area contributed by atoms with Gasteiger partial charge < -0.3 is 9.88 Å². The standard InChI is InChI=1S/C23H20F3N3OS/c1-29(11-10-16-13-27-20-5-3-2-4-19(16)20)21(30)12-18-14-31-22(28-18)15-6-8-17(9-7-15)23(24,25)26/h2-9,13-14,27H,10-12H2,1H3. The number of alkyl halides is 3. The van der Waals surface area contributed by atoms with Crippen molar-refractivity contribution in [2.45, 2.75) is 19.0 Å². The molecule has 8 heteroatoms. The maximum absolute atomic E-state index is 12.7. The molecule has 0 aliphatic rings. The number of fused-ring (bicyclic) bond motifs is 1. The Hall–Kier alpha value is -3.13. The minimum absolute atomic E-state index is 0.0517. The van der Waals surface area contributed by atoms with E-state index in [-0.39, 0.29) is 12.3 Å². The number of likely N-dealkylation sites (N-methyl/N-ethyl adjacent to an activating group) is 1. The molecule has 0 fully saturated rings. The van der Waals surface area contributed by atoms with Gasteiger partial charge in [-0.05, 0) is 30.2 Å². The van der Waals surface area contributed by atoms with Gasteiger partial charge in [-0.15, -0.1) is 11.3 Å². The summed E-state index contributed by atoms with van der Waals surface area (Å²) in [6.07, 6.45) is -1.50. The van der Waals surface area contributed by atoms with Crippen LogP contribution < -0.4 is 0 Å². The van der Waals surface area contributed by atoms with E-state index in [1.165, 1.54) is 23.5 Å². The number of hydrogen-bond acceptors (Lipinski definition) is 3. The molecule has 0 aliphatic heterocycles. The number of amides is 1. The predicted molar refractivity (Wildman–Crippen MR) is 116 cm³/mol. The molecule has 0 bridgehead atoms. The van der Waals surface area contributed by atoms with Crippen LogP contribution in [0.15, 0.2) is 60.1 Å². The van der Waals surface area contributed by atoms with Gasteiger partial charge in [0.15, 0.2) is 0 Å². The summed E-state index contributed by atoms with van der Waals surface area (Å²) in [5, 5.41) is 3.53. The Morgan fingerprint density at radius 3 is 2.61 bits per heavy atom. The van der Waals surface area contributed by atoms with Gasteiger partial charge in [-0.3, -0.25) is 4.79 Å². The molecule has 0 atom stereocenters. The lowest BCUT2D eigenvalue weighted by Crippen LogP contribution is -2.30. The van der Waals surface area contributed by atoms with Gasteiger partial charge >= 0.3 is 6.18 Å². The highest BCUT2D eigenvalue weighted by molar-refractivity contribution is 7.13. The van der Waals surface area contributed by atoms with E-state index in [1.54, 1.807) is 17.3 Å². The van der Waals surface area contributed by atoms with Crippen LogP contribution >= 0.6 is 11.3 Å². The van der Waals surface area contributed by atoms with E-state index in [1.807, 2.05) is 24.4 Å². The molecule has 4 nitrogen and oxygen atoms in total. The van der Waals surface area contributed by atoms with Crippen LogP contribution in [0.3, 0.4) is 0 Å². The summed E-state index contributed by atoms with van der Waals surface area (Å²) >= 11 is 1.32. The Morgan fingerprint density at radius 1 is 1.13 bits per heavy atom. The van der Waals surface area contributed by atoms with Crippen molar-refractivity contribution in [1.82, 2.24) is 14.9 Å². The van der Waals surface area contributed by atoms with Crippen molar-refractivity contribution >= 4 is 28.1 Å². The zero-order valence-electron chi connectivity index (χ0n) is 16.7. The summed E-state index contributed by atoms with van der Waals surface area (Å²) < 4.78 is 38.2. The summed E-state index contributed by atoms with van der Waals surface area (Å²) in [5.74, 6) is -0.0517. The molecular formula is C23H20F3N3OS. The average molecular weight is 443 g/mol. The predicted octanol–water partition coefficient (Wildman–Crippen LogP) is 5.55. The normalized spacial score (nSPS) is 11.7. The highest BCUT2D eigenvalue weighted by Crippen LogP contribution is 2.31. The third kappa shape index (κ3) is 4.80. The van der Waals surface area contributed by atoms with Crippen molar-refractivity contribution in [3.05, 3.63) is 76.9 Å². The zero-order chi connectivity index (χ0) is 22.0. The summed E-state index contributed by atoms with van der Waals surface area (Å²) in [6, 6.07) is 12.9. The summed E-state index contributed by atoms with van der Waals surface area (Å²) in [6.45, 7) is 0.580. The second-order valence-corrected chi connectivity index (χ2v) is 8.18. The molecule has 31 heavy (non-hydrogen) atoms. The van der Waals surface area contributed by atoms with Gasteiger partial charge in [-0.25, -0.2) is 4.98 Å². The third-order valence-electron chi connectivity index (χ3n) is 5.16. The zero-order valence-corrected chi connectivity index (χ0v) is 17.6. The van der Waals surface area contributed by atoms with Gasteiger partial charge in [0.05, 0.1) is 17.7 Å². The number of nitrogens with one attached hydrogen (secondary N) is 1. The number of aromatic nitrogens is 2. The molecule has 2 aromatic carbocycles. The monoisotopic (exact) mass is 443 g/mol. The van der Waals surface area contributed by atoms with E-state index in [0.717, 1.165) is 35.0 Å². The van der Waals surface area contributed by atoms with Crippen LogP contribution in [-0.2, 0) is 23.8 Å². The Morgan fingerprint density at radius 2 is 1.87 bits per heavy atom. The minimum Gasteiger partial charge on any atom is -0.361 e. The second-order valence-electron chi connectivity index (χ2n) is 7.32. The van der Waals surface area contributed by atoms with Crippen LogP contribution in [0.1, 0.15) is 16.8 Å². The maximum atomic E-state index is 12.7. The number of thiazole rings is 1. The molecule has 0 aliphatic carbocycles. The molecule has 0 radical (unpaired) electrons. The van der Waals surface area contributed by atoms with Gasteiger partial charge in [0.2, 0.25) is 5.91 Å². The first-order chi connectivity index (χ1) is 14.8. The Labute approximate surface area is 181 Å². The van der Waals surface area contributed by atoms with Crippen molar-refractivity contribution < 1.29 is 18.0 Å². The molecule has 4 aromatic rings. The van der Waals surface area contributed by atoms with Gasteiger partial charge in [0, 0.05) is 41.6 Å². The van der Waals surface area contributed by atoms with Gasteiger partial charge in [0.1, 0.15) is 5.01 Å². The summed E-state index contributed by atoms with van der Waals surface area (Å²) in [7, 11) is 1.76. The number of para-hydroxylation sites is 1. The Bertz CT molecular complexity index is 1190. The van der Waals surface area contributed by atoms with Crippen LogP contribution in [0, 0.1) is 0 Å². The number of H-pyrrole nitrogens is 1. The Kier molecular flexibility index (Phi) is 5.82. The van der Waals surface area contributed by atoms with Crippen molar-refractivity contribution in [3.8, 4) is 10.6 Å². The molecular weight excluding hydrogens is 423 g/mol. The quantitative estimate of drug-likeness (QED) is 0.425. The van der Waals surface area contributed by atoms with Crippen molar-refractivity contribution in [3.63, 3.8) is 0 Å². The van der Waals surface area contributed by atoms with Crippen LogP contribution in [-0.4, -0.2) is 34.4 Å². The van der Waals surface area contributed by atoms with Gasteiger partial charge in [0.25, 0.3) is 0 Å². The fourth-order valence-electron chi connectivity index (χ4n) is 3.36. The molecule has 2 aromatic heterocycles. The molecule has 160 valence electrons. The first-order valence-corrected chi connectivity index (χ1v) is 10.6. The first-order valence-electron chi connectivity index (χ1n) is 9.72. The number of benzene rings is 2. The molecule has 1 N–H and O–H groups in total. The summed E-state index contributed by atoms with van der Waals surface area (Å²) in [5.41, 5.74) is 2.76. The smallest absolute Gasteiger partial charge is 0.361 e.